The summed E-state index contributed by atoms with van der Waals surface area (Å²) in [5.41, 5.74) is 1.64. The normalized spacial score (nSPS) is 10.9. The van der Waals surface area contributed by atoms with Crippen molar-refractivity contribution in [3.8, 4) is 28.4 Å². The topological polar surface area (TPSA) is 72.8 Å². The minimum absolute atomic E-state index is 0.132. The van der Waals surface area contributed by atoms with Gasteiger partial charge in [0.25, 0.3) is 0 Å². The SMILES string of the molecule is CCOc1cc(-c2cccc(F)c2F)cc2c(NC)nc(-c3cnccn3)nc12. The van der Waals surface area contributed by atoms with Crippen LogP contribution >= 0.6 is 0 Å². The number of anilines is 1. The first kappa shape index (κ1) is 18.7. The molecule has 2 heterocycles. The van der Waals surface area contributed by atoms with Gasteiger partial charge >= 0.3 is 0 Å². The third-order valence-corrected chi connectivity index (χ3v) is 4.36. The molecule has 0 saturated carbocycles. The third-order valence-electron chi connectivity index (χ3n) is 4.36. The summed E-state index contributed by atoms with van der Waals surface area (Å²) in [6, 6.07) is 7.42. The van der Waals surface area contributed by atoms with E-state index in [0.29, 0.717) is 46.2 Å². The number of halogens is 2. The number of benzene rings is 2. The Labute approximate surface area is 165 Å². The van der Waals surface area contributed by atoms with E-state index in [2.05, 4.69) is 25.3 Å². The van der Waals surface area contributed by atoms with Crippen molar-refractivity contribution in [2.24, 2.45) is 0 Å². The highest BCUT2D eigenvalue weighted by Crippen LogP contribution is 2.36. The summed E-state index contributed by atoms with van der Waals surface area (Å²) >= 11 is 0. The van der Waals surface area contributed by atoms with Crippen molar-refractivity contribution in [2.75, 3.05) is 19.0 Å². The Morgan fingerprint density at radius 2 is 1.97 bits per heavy atom. The predicted octanol–water partition coefficient (Wildman–Crippen LogP) is 4.47. The highest BCUT2D eigenvalue weighted by atomic mass is 19.2. The first-order valence-electron chi connectivity index (χ1n) is 8.99. The van der Waals surface area contributed by atoms with Crippen LogP contribution in [0.15, 0.2) is 48.9 Å². The number of hydrogen-bond donors (Lipinski definition) is 1. The van der Waals surface area contributed by atoms with Crippen molar-refractivity contribution in [1.29, 1.82) is 0 Å². The molecule has 2 aromatic heterocycles. The Bertz CT molecular complexity index is 1180. The van der Waals surface area contributed by atoms with Crippen molar-refractivity contribution >= 4 is 16.7 Å². The van der Waals surface area contributed by atoms with Crippen molar-refractivity contribution in [2.45, 2.75) is 6.92 Å². The quantitative estimate of drug-likeness (QED) is 0.539. The van der Waals surface area contributed by atoms with E-state index in [4.69, 9.17) is 4.74 Å². The molecule has 0 aliphatic rings. The number of nitrogens with one attached hydrogen (secondary N) is 1. The lowest BCUT2D eigenvalue weighted by atomic mass is 10.0. The van der Waals surface area contributed by atoms with Crippen LogP contribution in [0.5, 0.6) is 5.75 Å². The molecule has 0 unspecified atom stereocenters. The smallest absolute Gasteiger partial charge is 0.182 e. The van der Waals surface area contributed by atoms with Crippen LogP contribution in [-0.2, 0) is 0 Å². The molecule has 0 bridgehead atoms. The molecule has 0 radical (unpaired) electrons. The molecule has 0 amide bonds. The van der Waals surface area contributed by atoms with Crippen LogP contribution in [-0.4, -0.2) is 33.6 Å². The standard InChI is InChI=1S/C21H17F2N5O/c1-3-29-17-10-12(13-5-4-6-15(22)18(13)23)9-14-19(17)27-21(28-20(14)24-2)16-11-25-7-8-26-16/h4-11H,3H2,1-2H3,(H,24,27,28). The summed E-state index contributed by atoms with van der Waals surface area (Å²) in [7, 11) is 1.72. The fraction of sp³-hybridized carbons (Fsp3) is 0.143. The summed E-state index contributed by atoms with van der Waals surface area (Å²) in [4.78, 5) is 17.4. The van der Waals surface area contributed by atoms with Crippen LogP contribution in [0.2, 0.25) is 0 Å². The first-order valence-corrected chi connectivity index (χ1v) is 8.99. The summed E-state index contributed by atoms with van der Waals surface area (Å²) in [5, 5.41) is 3.65. The summed E-state index contributed by atoms with van der Waals surface area (Å²) < 4.78 is 33.9. The van der Waals surface area contributed by atoms with Crippen molar-refractivity contribution in [3.63, 3.8) is 0 Å². The van der Waals surface area contributed by atoms with Gasteiger partial charge in [0.05, 0.1) is 12.8 Å². The second-order valence-electron chi connectivity index (χ2n) is 6.14. The monoisotopic (exact) mass is 393 g/mol. The lowest BCUT2D eigenvalue weighted by Crippen LogP contribution is -2.03. The Kier molecular flexibility index (Phi) is 4.99. The van der Waals surface area contributed by atoms with Gasteiger partial charge in [-0.3, -0.25) is 4.98 Å². The Hall–Kier alpha value is -3.68. The third kappa shape index (κ3) is 3.44. The maximum Gasteiger partial charge on any atom is 0.182 e. The van der Waals surface area contributed by atoms with E-state index in [1.165, 1.54) is 12.1 Å². The molecule has 0 atom stereocenters. The Morgan fingerprint density at radius 1 is 1.10 bits per heavy atom. The second-order valence-corrected chi connectivity index (χ2v) is 6.14. The Balaban J connectivity index is 2.00. The maximum absolute atomic E-state index is 14.4. The average Bonchev–Trinajstić information content (AvgIpc) is 2.75. The number of aromatic nitrogens is 4. The lowest BCUT2D eigenvalue weighted by molar-refractivity contribution is 0.344. The maximum atomic E-state index is 14.4. The fourth-order valence-corrected chi connectivity index (χ4v) is 3.07. The van der Waals surface area contributed by atoms with Gasteiger partial charge in [0.2, 0.25) is 0 Å². The van der Waals surface area contributed by atoms with E-state index in [9.17, 15) is 8.78 Å². The molecule has 0 aliphatic heterocycles. The minimum atomic E-state index is -0.919. The summed E-state index contributed by atoms with van der Waals surface area (Å²) in [5.74, 6) is -0.510. The molecule has 4 rings (SSSR count). The van der Waals surface area contributed by atoms with E-state index in [1.807, 2.05) is 6.92 Å². The zero-order chi connectivity index (χ0) is 20.4. The van der Waals surface area contributed by atoms with Crippen molar-refractivity contribution in [1.82, 2.24) is 19.9 Å². The first-order chi connectivity index (χ1) is 14.1. The molecule has 0 fully saturated rings. The highest BCUT2D eigenvalue weighted by Gasteiger charge is 2.18. The van der Waals surface area contributed by atoms with Gasteiger partial charge < -0.3 is 10.1 Å². The zero-order valence-electron chi connectivity index (χ0n) is 15.8. The molecule has 1 N–H and O–H groups in total. The fourth-order valence-electron chi connectivity index (χ4n) is 3.07. The van der Waals surface area contributed by atoms with Gasteiger partial charge in [-0.05, 0) is 30.7 Å². The molecule has 4 aromatic rings. The van der Waals surface area contributed by atoms with Gasteiger partial charge in [-0.25, -0.2) is 23.7 Å². The number of fused-ring (bicyclic) bond motifs is 1. The van der Waals surface area contributed by atoms with Crippen molar-refractivity contribution < 1.29 is 13.5 Å². The molecular formula is C21H17F2N5O. The van der Waals surface area contributed by atoms with Crippen LogP contribution in [0.1, 0.15) is 6.92 Å². The van der Waals surface area contributed by atoms with E-state index >= 15 is 0 Å². The molecule has 2 aromatic carbocycles. The number of nitrogens with zero attached hydrogens (tertiary/aromatic N) is 4. The number of hydrogen-bond acceptors (Lipinski definition) is 6. The van der Waals surface area contributed by atoms with Gasteiger partial charge in [-0.2, -0.15) is 0 Å². The molecule has 29 heavy (non-hydrogen) atoms. The number of ether oxygens (including phenoxy) is 1. The molecular weight excluding hydrogens is 376 g/mol. The number of rotatable bonds is 5. The van der Waals surface area contributed by atoms with E-state index in [0.717, 1.165) is 6.07 Å². The lowest BCUT2D eigenvalue weighted by Gasteiger charge is -2.14. The zero-order valence-corrected chi connectivity index (χ0v) is 15.8. The molecule has 0 aliphatic carbocycles. The Morgan fingerprint density at radius 3 is 2.69 bits per heavy atom. The van der Waals surface area contributed by atoms with E-state index in [1.54, 1.807) is 37.8 Å². The highest BCUT2D eigenvalue weighted by molar-refractivity contribution is 5.97. The van der Waals surface area contributed by atoms with Crippen LogP contribution < -0.4 is 10.1 Å². The van der Waals surface area contributed by atoms with Gasteiger partial charge in [-0.1, -0.05) is 12.1 Å². The molecule has 8 heteroatoms. The minimum Gasteiger partial charge on any atom is -0.492 e. The van der Waals surface area contributed by atoms with E-state index in [-0.39, 0.29) is 5.56 Å². The molecule has 0 spiro atoms. The predicted molar refractivity (Wildman–Crippen MR) is 107 cm³/mol. The summed E-state index contributed by atoms with van der Waals surface area (Å²) in [6.07, 6.45) is 4.69. The molecule has 146 valence electrons. The second kappa shape index (κ2) is 7.75. The van der Waals surface area contributed by atoms with Crippen LogP contribution in [0.4, 0.5) is 14.6 Å². The van der Waals surface area contributed by atoms with Gasteiger partial charge in [0.1, 0.15) is 22.8 Å². The van der Waals surface area contributed by atoms with Crippen LogP contribution in [0.25, 0.3) is 33.5 Å². The molecule has 0 saturated heterocycles. The van der Waals surface area contributed by atoms with Gasteiger partial charge in [0, 0.05) is 30.4 Å². The van der Waals surface area contributed by atoms with Crippen molar-refractivity contribution in [3.05, 3.63) is 60.6 Å². The van der Waals surface area contributed by atoms with Gasteiger partial charge in [0.15, 0.2) is 17.5 Å². The average molecular weight is 393 g/mol. The van der Waals surface area contributed by atoms with Crippen LogP contribution in [0.3, 0.4) is 0 Å². The molecule has 6 nitrogen and oxygen atoms in total. The van der Waals surface area contributed by atoms with Crippen LogP contribution in [0, 0.1) is 11.6 Å². The summed E-state index contributed by atoms with van der Waals surface area (Å²) in [6.45, 7) is 2.22. The van der Waals surface area contributed by atoms with E-state index < -0.39 is 11.6 Å². The largest absolute Gasteiger partial charge is 0.492 e. The van der Waals surface area contributed by atoms with Gasteiger partial charge in [-0.15, -0.1) is 0 Å².